The fraction of sp³-hybridized carbons (Fsp3) is 1.00. The van der Waals surface area contributed by atoms with Crippen molar-refractivity contribution in [3.8, 4) is 0 Å². The smallest absolute Gasteiger partial charge is 0.0267 e. The van der Waals surface area contributed by atoms with E-state index >= 15 is 0 Å². The first kappa shape index (κ1) is 9.47. The Morgan fingerprint density at radius 1 is 1.15 bits per heavy atom. The zero-order chi connectivity index (χ0) is 9.42. The summed E-state index contributed by atoms with van der Waals surface area (Å²) in [6.45, 7) is 4.55. The third-order valence-electron chi connectivity index (χ3n) is 4.05. The highest BCUT2D eigenvalue weighted by Crippen LogP contribution is 2.57. The standard InChI is InChI=1S/C11H22N2/c1-7(2)11(13-12)10-8-5-3-4-6-9(8)10/h7-11,13H,3-6,12H2,1-2H3. The maximum absolute atomic E-state index is 5.62. The number of hydrogen-bond donors (Lipinski definition) is 2. The van der Waals surface area contributed by atoms with Gasteiger partial charge in [-0.05, 0) is 36.5 Å². The van der Waals surface area contributed by atoms with E-state index in [1.807, 2.05) is 0 Å². The summed E-state index contributed by atoms with van der Waals surface area (Å²) in [5.74, 6) is 9.22. The molecule has 0 radical (unpaired) electrons. The normalized spacial score (nSPS) is 40.2. The molecule has 3 N–H and O–H groups in total. The van der Waals surface area contributed by atoms with Crippen molar-refractivity contribution in [2.75, 3.05) is 0 Å². The van der Waals surface area contributed by atoms with Gasteiger partial charge in [-0.2, -0.15) is 0 Å². The number of hydrogen-bond acceptors (Lipinski definition) is 2. The second-order valence-electron chi connectivity index (χ2n) is 5.13. The van der Waals surface area contributed by atoms with Crippen LogP contribution in [0.25, 0.3) is 0 Å². The summed E-state index contributed by atoms with van der Waals surface area (Å²) in [7, 11) is 0. The van der Waals surface area contributed by atoms with Gasteiger partial charge >= 0.3 is 0 Å². The molecule has 2 saturated carbocycles. The monoisotopic (exact) mass is 182 g/mol. The summed E-state index contributed by atoms with van der Waals surface area (Å²) in [6, 6.07) is 0.563. The van der Waals surface area contributed by atoms with Crippen LogP contribution in [0, 0.1) is 23.7 Å². The fourth-order valence-electron chi connectivity index (χ4n) is 3.33. The maximum Gasteiger partial charge on any atom is 0.0267 e. The zero-order valence-corrected chi connectivity index (χ0v) is 8.79. The van der Waals surface area contributed by atoms with Crippen LogP contribution in [0.3, 0.4) is 0 Å². The average molecular weight is 182 g/mol. The number of rotatable bonds is 3. The van der Waals surface area contributed by atoms with Gasteiger partial charge in [0.25, 0.3) is 0 Å². The van der Waals surface area contributed by atoms with Crippen molar-refractivity contribution in [2.45, 2.75) is 45.6 Å². The van der Waals surface area contributed by atoms with Gasteiger partial charge in [0, 0.05) is 6.04 Å². The Kier molecular flexibility index (Phi) is 2.61. The van der Waals surface area contributed by atoms with Crippen LogP contribution in [0.4, 0.5) is 0 Å². The molecule has 0 aromatic heterocycles. The molecule has 0 saturated heterocycles. The summed E-state index contributed by atoms with van der Waals surface area (Å²) >= 11 is 0. The molecule has 0 aliphatic heterocycles. The van der Waals surface area contributed by atoms with Crippen molar-refractivity contribution >= 4 is 0 Å². The quantitative estimate of drug-likeness (QED) is 0.517. The van der Waals surface area contributed by atoms with Crippen LogP contribution in [-0.2, 0) is 0 Å². The van der Waals surface area contributed by atoms with Gasteiger partial charge in [0.1, 0.15) is 0 Å². The minimum absolute atomic E-state index is 0.563. The zero-order valence-electron chi connectivity index (χ0n) is 8.79. The summed E-state index contributed by atoms with van der Waals surface area (Å²) < 4.78 is 0. The summed E-state index contributed by atoms with van der Waals surface area (Å²) in [5.41, 5.74) is 3.02. The number of fused-ring (bicyclic) bond motifs is 1. The van der Waals surface area contributed by atoms with Gasteiger partial charge in [-0.1, -0.05) is 26.7 Å². The van der Waals surface area contributed by atoms with Crippen LogP contribution in [0.15, 0.2) is 0 Å². The fourth-order valence-corrected chi connectivity index (χ4v) is 3.33. The molecule has 2 aliphatic rings. The van der Waals surface area contributed by atoms with Crippen LogP contribution in [0.1, 0.15) is 39.5 Å². The van der Waals surface area contributed by atoms with Gasteiger partial charge in [0.15, 0.2) is 0 Å². The van der Waals surface area contributed by atoms with E-state index in [9.17, 15) is 0 Å². The van der Waals surface area contributed by atoms with Gasteiger partial charge in [-0.3, -0.25) is 11.3 Å². The Morgan fingerprint density at radius 3 is 2.08 bits per heavy atom. The third kappa shape index (κ3) is 1.62. The van der Waals surface area contributed by atoms with Crippen LogP contribution in [0.2, 0.25) is 0 Å². The molecular weight excluding hydrogens is 160 g/mol. The summed E-state index contributed by atoms with van der Waals surface area (Å²) in [6.07, 6.45) is 5.82. The van der Waals surface area contributed by atoms with Gasteiger partial charge in [-0.25, -0.2) is 0 Å². The van der Waals surface area contributed by atoms with Crippen LogP contribution >= 0.6 is 0 Å². The molecule has 2 nitrogen and oxygen atoms in total. The van der Waals surface area contributed by atoms with Crippen molar-refractivity contribution in [1.82, 2.24) is 5.43 Å². The van der Waals surface area contributed by atoms with E-state index in [2.05, 4.69) is 19.3 Å². The number of nitrogens with one attached hydrogen (secondary N) is 1. The van der Waals surface area contributed by atoms with Crippen LogP contribution in [-0.4, -0.2) is 6.04 Å². The molecule has 3 atom stereocenters. The molecule has 3 unspecified atom stereocenters. The predicted octanol–water partition coefficient (Wildman–Crippen LogP) is 1.91. The molecule has 0 amide bonds. The van der Waals surface area contributed by atoms with E-state index in [1.54, 1.807) is 0 Å². The minimum Gasteiger partial charge on any atom is -0.271 e. The summed E-state index contributed by atoms with van der Waals surface area (Å²) in [4.78, 5) is 0. The molecule has 0 heterocycles. The highest BCUT2D eigenvalue weighted by Gasteiger charge is 2.54. The van der Waals surface area contributed by atoms with Crippen molar-refractivity contribution in [1.29, 1.82) is 0 Å². The largest absolute Gasteiger partial charge is 0.271 e. The average Bonchev–Trinajstić information content (AvgIpc) is 2.81. The molecule has 0 aromatic carbocycles. The first-order valence-electron chi connectivity index (χ1n) is 5.72. The highest BCUT2D eigenvalue weighted by molar-refractivity contribution is 5.04. The molecule has 0 aromatic rings. The number of nitrogens with two attached hydrogens (primary N) is 1. The molecule has 2 fully saturated rings. The minimum atomic E-state index is 0.563. The molecular formula is C11H22N2. The van der Waals surface area contributed by atoms with Crippen molar-refractivity contribution in [3.05, 3.63) is 0 Å². The first-order valence-corrected chi connectivity index (χ1v) is 5.72. The van der Waals surface area contributed by atoms with Crippen LogP contribution in [0.5, 0.6) is 0 Å². The van der Waals surface area contributed by atoms with E-state index in [4.69, 9.17) is 5.84 Å². The highest BCUT2D eigenvalue weighted by atomic mass is 15.2. The molecule has 2 aliphatic carbocycles. The van der Waals surface area contributed by atoms with E-state index in [1.165, 1.54) is 25.7 Å². The van der Waals surface area contributed by atoms with Gasteiger partial charge in [-0.15, -0.1) is 0 Å². The molecule has 0 spiro atoms. The van der Waals surface area contributed by atoms with E-state index in [-0.39, 0.29) is 0 Å². The molecule has 0 bridgehead atoms. The SMILES string of the molecule is CC(C)C(NN)C1C2CCCCC21. The predicted molar refractivity (Wildman–Crippen MR) is 54.9 cm³/mol. The Labute approximate surface area is 81.2 Å². The second-order valence-corrected chi connectivity index (χ2v) is 5.13. The van der Waals surface area contributed by atoms with E-state index < -0.39 is 0 Å². The van der Waals surface area contributed by atoms with Crippen LogP contribution < -0.4 is 11.3 Å². The molecule has 2 heteroatoms. The number of hydrazine groups is 1. The Bertz CT molecular complexity index is 167. The van der Waals surface area contributed by atoms with E-state index in [0.29, 0.717) is 12.0 Å². The van der Waals surface area contributed by atoms with Crippen molar-refractivity contribution in [2.24, 2.45) is 29.5 Å². The maximum atomic E-state index is 5.62. The van der Waals surface area contributed by atoms with Gasteiger partial charge in [0.05, 0.1) is 0 Å². The van der Waals surface area contributed by atoms with Crippen molar-refractivity contribution < 1.29 is 0 Å². The third-order valence-corrected chi connectivity index (χ3v) is 4.05. The lowest BCUT2D eigenvalue weighted by Crippen LogP contribution is -2.41. The molecule has 2 rings (SSSR count). The second kappa shape index (κ2) is 3.58. The Balaban J connectivity index is 1.94. The first-order chi connectivity index (χ1) is 6.25. The Hall–Kier alpha value is -0.0800. The molecule has 13 heavy (non-hydrogen) atoms. The lowest BCUT2D eigenvalue weighted by molar-refractivity contribution is 0.344. The van der Waals surface area contributed by atoms with Crippen molar-refractivity contribution in [3.63, 3.8) is 0 Å². The lowest BCUT2D eigenvalue weighted by Gasteiger charge is -2.20. The summed E-state index contributed by atoms with van der Waals surface area (Å²) in [5, 5.41) is 0. The lowest BCUT2D eigenvalue weighted by atomic mass is 9.98. The Morgan fingerprint density at radius 2 is 1.69 bits per heavy atom. The van der Waals surface area contributed by atoms with Gasteiger partial charge < -0.3 is 0 Å². The topological polar surface area (TPSA) is 38.0 Å². The van der Waals surface area contributed by atoms with E-state index in [0.717, 1.165) is 17.8 Å². The molecule has 76 valence electrons. The van der Waals surface area contributed by atoms with Gasteiger partial charge in [0.2, 0.25) is 0 Å².